The summed E-state index contributed by atoms with van der Waals surface area (Å²) in [7, 11) is 0. The van der Waals surface area contributed by atoms with Gasteiger partial charge in [-0.15, -0.1) is 11.6 Å². The number of aliphatic hydroxyl groups is 1. The predicted molar refractivity (Wildman–Crippen MR) is 81.0 cm³/mol. The van der Waals surface area contributed by atoms with Gasteiger partial charge in [-0.1, -0.05) is 24.3 Å². The minimum absolute atomic E-state index is 0.240. The Balaban J connectivity index is 2.82. The average molecular weight is 299 g/mol. The molecule has 0 fully saturated rings. The largest absolute Gasteiger partial charge is 0.465 e. The topological polar surface area (TPSA) is 46.5 Å². The van der Waals surface area contributed by atoms with Crippen LogP contribution < -0.4 is 0 Å². The first-order chi connectivity index (χ1) is 9.43. The molecule has 20 heavy (non-hydrogen) atoms. The highest BCUT2D eigenvalue weighted by molar-refractivity contribution is 6.17. The Kier molecular flexibility index (Phi) is 6.50. The first-order valence-electron chi connectivity index (χ1n) is 6.95. The van der Waals surface area contributed by atoms with E-state index in [1.807, 2.05) is 38.1 Å². The molecule has 1 unspecified atom stereocenters. The molecule has 0 amide bonds. The Bertz CT molecular complexity index is 426. The van der Waals surface area contributed by atoms with Crippen LogP contribution in [0.25, 0.3) is 0 Å². The van der Waals surface area contributed by atoms with Crippen LogP contribution in [0.3, 0.4) is 0 Å². The number of hydrogen-bond donors (Lipinski definition) is 1. The van der Waals surface area contributed by atoms with Crippen LogP contribution in [0.1, 0.15) is 50.8 Å². The van der Waals surface area contributed by atoms with Crippen molar-refractivity contribution in [2.75, 3.05) is 12.5 Å². The van der Waals surface area contributed by atoms with Crippen LogP contribution in [-0.4, -0.2) is 23.6 Å². The number of esters is 1. The summed E-state index contributed by atoms with van der Waals surface area (Å²) in [5.74, 6) is 0.306. The molecule has 0 heterocycles. The quantitative estimate of drug-likeness (QED) is 0.618. The van der Waals surface area contributed by atoms with E-state index in [0.29, 0.717) is 18.9 Å². The van der Waals surface area contributed by atoms with E-state index in [2.05, 4.69) is 0 Å². The average Bonchev–Trinajstić information content (AvgIpc) is 2.45. The van der Waals surface area contributed by atoms with Gasteiger partial charge < -0.3 is 9.84 Å². The van der Waals surface area contributed by atoms with Crippen molar-refractivity contribution in [1.82, 2.24) is 0 Å². The van der Waals surface area contributed by atoms with E-state index in [4.69, 9.17) is 16.3 Å². The molecular weight excluding hydrogens is 276 g/mol. The second-order valence-electron chi connectivity index (χ2n) is 5.31. The number of carbonyl (C=O) groups excluding carboxylic acids is 1. The molecule has 1 rings (SSSR count). The number of carbonyl (C=O) groups is 1. The second-order valence-corrected chi connectivity index (χ2v) is 5.69. The van der Waals surface area contributed by atoms with Crippen LogP contribution in [0.15, 0.2) is 24.3 Å². The SMILES string of the molecule is CCOC(=O)C(C)(C)c1ccc(C(O)CCCCl)cc1. The number of rotatable bonds is 7. The molecule has 3 nitrogen and oxygen atoms in total. The summed E-state index contributed by atoms with van der Waals surface area (Å²) in [5, 5.41) is 9.99. The van der Waals surface area contributed by atoms with Crippen LogP contribution >= 0.6 is 11.6 Å². The van der Waals surface area contributed by atoms with Gasteiger partial charge in [0, 0.05) is 5.88 Å². The zero-order valence-electron chi connectivity index (χ0n) is 12.4. The molecule has 0 saturated heterocycles. The van der Waals surface area contributed by atoms with Crippen LogP contribution in [0.4, 0.5) is 0 Å². The lowest BCUT2D eigenvalue weighted by Gasteiger charge is -2.23. The fraction of sp³-hybridized carbons (Fsp3) is 0.562. The molecule has 4 heteroatoms. The van der Waals surface area contributed by atoms with E-state index in [-0.39, 0.29) is 5.97 Å². The molecule has 0 bridgehead atoms. The van der Waals surface area contributed by atoms with E-state index in [0.717, 1.165) is 17.5 Å². The lowest BCUT2D eigenvalue weighted by molar-refractivity contribution is -0.148. The highest BCUT2D eigenvalue weighted by Gasteiger charge is 2.31. The summed E-state index contributed by atoms with van der Waals surface area (Å²) in [5.41, 5.74) is 1.04. The Labute approximate surface area is 125 Å². The summed E-state index contributed by atoms with van der Waals surface area (Å²) >= 11 is 5.62. The molecule has 0 aromatic heterocycles. The first-order valence-corrected chi connectivity index (χ1v) is 7.48. The monoisotopic (exact) mass is 298 g/mol. The summed E-state index contributed by atoms with van der Waals surface area (Å²) in [6.45, 7) is 5.84. The van der Waals surface area contributed by atoms with Gasteiger partial charge in [0.2, 0.25) is 0 Å². The number of ether oxygens (including phenoxy) is 1. The van der Waals surface area contributed by atoms with Crippen molar-refractivity contribution in [2.24, 2.45) is 0 Å². The zero-order chi connectivity index (χ0) is 15.2. The molecular formula is C16H23ClO3. The number of benzene rings is 1. The normalized spacial score (nSPS) is 13.1. The van der Waals surface area contributed by atoms with Gasteiger partial charge in [-0.25, -0.2) is 0 Å². The third kappa shape index (κ3) is 4.22. The molecule has 1 aromatic carbocycles. The lowest BCUT2D eigenvalue weighted by Crippen LogP contribution is -2.31. The maximum absolute atomic E-state index is 11.9. The highest BCUT2D eigenvalue weighted by atomic mass is 35.5. The van der Waals surface area contributed by atoms with E-state index < -0.39 is 11.5 Å². The third-order valence-electron chi connectivity index (χ3n) is 3.41. The predicted octanol–water partition coefficient (Wildman–Crippen LogP) is 3.58. The van der Waals surface area contributed by atoms with Crippen LogP contribution in [0.2, 0.25) is 0 Å². The van der Waals surface area contributed by atoms with E-state index >= 15 is 0 Å². The number of alkyl halides is 1. The van der Waals surface area contributed by atoms with Gasteiger partial charge in [-0.05, 0) is 44.7 Å². The van der Waals surface area contributed by atoms with E-state index in [1.54, 1.807) is 6.92 Å². The minimum atomic E-state index is -0.685. The van der Waals surface area contributed by atoms with Gasteiger partial charge in [0.15, 0.2) is 0 Å². The van der Waals surface area contributed by atoms with Gasteiger partial charge in [0.1, 0.15) is 0 Å². The molecule has 0 spiro atoms. The smallest absolute Gasteiger partial charge is 0.315 e. The van der Waals surface area contributed by atoms with Gasteiger partial charge in [0.25, 0.3) is 0 Å². The zero-order valence-corrected chi connectivity index (χ0v) is 13.1. The second kappa shape index (κ2) is 7.65. The Morgan fingerprint density at radius 1 is 1.35 bits per heavy atom. The van der Waals surface area contributed by atoms with Crippen molar-refractivity contribution in [3.05, 3.63) is 35.4 Å². The molecule has 0 aliphatic rings. The van der Waals surface area contributed by atoms with Crippen molar-refractivity contribution in [3.63, 3.8) is 0 Å². The Morgan fingerprint density at radius 2 is 1.95 bits per heavy atom. The minimum Gasteiger partial charge on any atom is -0.465 e. The summed E-state index contributed by atoms with van der Waals surface area (Å²) in [4.78, 5) is 11.9. The molecule has 1 atom stereocenters. The van der Waals surface area contributed by atoms with Crippen molar-refractivity contribution in [1.29, 1.82) is 0 Å². The lowest BCUT2D eigenvalue weighted by atomic mass is 9.84. The molecule has 112 valence electrons. The van der Waals surface area contributed by atoms with Gasteiger partial charge in [-0.3, -0.25) is 4.79 Å². The molecule has 0 radical (unpaired) electrons. The molecule has 0 aliphatic heterocycles. The van der Waals surface area contributed by atoms with E-state index in [9.17, 15) is 9.90 Å². The van der Waals surface area contributed by atoms with Crippen molar-refractivity contribution < 1.29 is 14.6 Å². The van der Waals surface area contributed by atoms with Crippen LogP contribution in [-0.2, 0) is 14.9 Å². The standard InChI is InChI=1S/C16H23ClO3/c1-4-20-15(19)16(2,3)13-9-7-12(8-10-13)14(18)6-5-11-17/h7-10,14,18H,4-6,11H2,1-3H3. The molecule has 0 saturated carbocycles. The number of halogens is 1. The summed E-state index contributed by atoms with van der Waals surface area (Å²) in [6, 6.07) is 7.46. The van der Waals surface area contributed by atoms with Gasteiger partial charge in [-0.2, -0.15) is 0 Å². The Morgan fingerprint density at radius 3 is 2.45 bits per heavy atom. The van der Waals surface area contributed by atoms with Crippen LogP contribution in [0, 0.1) is 0 Å². The van der Waals surface area contributed by atoms with Gasteiger partial charge >= 0.3 is 5.97 Å². The third-order valence-corrected chi connectivity index (χ3v) is 3.68. The number of aliphatic hydroxyl groups excluding tert-OH is 1. The van der Waals surface area contributed by atoms with Crippen molar-refractivity contribution >= 4 is 17.6 Å². The molecule has 1 aromatic rings. The van der Waals surface area contributed by atoms with E-state index in [1.165, 1.54) is 0 Å². The highest BCUT2D eigenvalue weighted by Crippen LogP contribution is 2.27. The van der Waals surface area contributed by atoms with Crippen molar-refractivity contribution in [3.8, 4) is 0 Å². The summed E-state index contributed by atoms with van der Waals surface area (Å²) < 4.78 is 5.09. The van der Waals surface area contributed by atoms with Crippen molar-refractivity contribution in [2.45, 2.75) is 45.1 Å². The maximum atomic E-state index is 11.9. The molecule has 1 N–H and O–H groups in total. The maximum Gasteiger partial charge on any atom is 0.315 e. The first kappa shape index (κ1) is 17.0. The van der Waals surface area contributed by atoms with Crippen LogP contribution in [0.5, 0.6) is 0 Å². The fourth-order valence-corrected chi connectivity index (χ4v) is 2.14. The van der Waals surface area contributed by atoms with Gasteiger partial charge in [0.05, 0.1) is 18.1 Å². The Hall–Kier alpha value is -1.06. The fourth-order valence-electron chi connectivity index (χ4n) is 1.99. The number of hydrogen-bond acceptors (Lipinski definition) is 3. The molecule has 0 aliphatic carbocycles. The summed E-state index contributed by atoms with van der Waals surface area (Å²) in [6.07, 6.45) is 0.914.